The number of aromatic nitrogens is 7. The van der Waals surface area contributed by atoms with Crippen LogP contribution in [0.2, 0.25) is 0 Å². The molecule has 10 heteroatoms. The van der Waals surface area contributed by atoms with Crippen molar-refractivity contribution in [3.05, 3.63) is 473 Å². The molecule has 0 radical (unpaired) electrons. The van der Waals surface area contributed by atoms with Crippen LogP contribution in [-0.4, -0.2) is 49.1 Å². The molecule has 0 spiro atoms. The van der Waals surface area contributed by atoms with E-state index >= 15 is 0 Å². The van der Waals surface area contributed by atoms with Crippen molar-refractivity contribution in [1.82, 2.24) is 32.0 Å². The van der Waals surface area contributed by atoms with Gasteiger partial charge in [-0.1, -0.05) is 267 Å². The Labute approximate surface area is 781 Å². The molecule has 28 aromatic rings. The highest BCUT2D eigenvalue weighted by Gasteiger charge is 2.25. The average Bonchev–Trinajstić information content (AvgIpc) is 1.58. The van der Waals surface area contributed by atoms with Crippen molar-refractivity contribution in [3.8, 4) is 107 Å². The van der Waals surface area contributed by atoms with Crippen LogP contribution in [0.15, 0.2) is 473 Å². The molecular formula is C126H80BN7O2. The van der Waals surface area contributed by atoms with Gasteiger partial charge in [-0.25, -0.2) is 0 Å². The van der Waals surface area contributed by atoms with Gasteiger partial charge in [0.1, 0.15) is 0 Å². The first-order chi connectivity index (χ1) is 67.2. The van der Waals surface area contributed by atoms with Crippen LogP contribution in [-0.2, 0) is 0 Å². The van der Waals surface area contributed by atoms with Gasteiger partial charge >= 0.3 is 7.12 Å². The zero-order valence-corrected chi connectivity index (χ0v) is 73.6. The maximum Gasteiger partial charge on any atom is 0.488 e. The topological polar surface area (TPSA) is 75.0 Å². The minimum absolute atomic E-state index is 0.429. The van der Waals surface area contributed by atoms with E-state index in [0.29, 0.717) is 5.46 Å². The molecule has 0 aliphatic heterocycles. The summed E-state index contributed by atoms with van der Waals surface area (Å²) in [6, 6.07) is 173. The second kappa shape index (κ2) is 30.4. The molecule has 634 valence electrons. The van der Waals surface area contributed by atoms with Gasteiger partial charge in [0.25, 0.3) is 0 Å². The highest BCUT2D eigenvalue weighted by atomic mass is 16.4. The van der Waals surface area contributed by atoms with Crippen LogP contribution in [0, 0.1) is 0 Å². The van der Waals surface area contributed by atoms with Gasteiger partial charge in [0.15, 0.2) is 0 Å². The highest BCUT2D eigenvalue weighted by Crippen LogP contribution is 2.46. The fourth-order valence-corrected chi connectivity index (χ4v) is 22.4. The van der Waals surface area contributed by atoms with E-state index in [2.05, 4.69) is 481 Å². The van der Waals surface area contributed by atoms with Gasteiger partial charge in [-0.3, -0.25) is 0 Å². The molecule has 0 bridgehead atoms. The smallest absolute Gasteiger partial charge is 0.423 e. The number of hydrogen-bond acceptors (Lipinski definition) is 2. The summed E-state index contributed by atoms with van der Waals surface area (Å²) in [6.45, 7) is 0. The molecular weight excluding hydrogens is 1650 g/mol. The lowest BCUT2D eigenvalue weighted by Gasteiger charge is -2.12. The summed E-state index contributed by atoms with van der Waals surface area (Å²) in [6.07, 6.45) is 0. The normalized spacial score (nSPS) is 12.0. The Hall–Kier alpha value is -17.8. The third kappa shape index (κ3) is 12.0. The molecule has 0 saturated heterocycles. The molecule has 0 saturated carbocycles. The van der Waals surface area contributed by atoms with Crippen molar-refractivity contribution in [3.63, 3.8) is 0 Å². The summed E-state index contributed by atoms with van der Waals surface area (Å²) in [5, 5.41) is 37.5. The average molecular weight is 1730 g/mol. The molecule has 7 aromatic heterocycles. The molecule has 0 aliphatic carbocycles. The van der Waals surface area contributed by atoms with Gasteiger partial charge < -0.3 is 42.0 Å². The first kappa shape index (κ1) is 77.0. The van der Waals surface area contributed by atoms with Crippen LogP contribution in [0.5, 0.6) is 0 Å². The molecule has 7 heterocycles. The summed E-state index contributed by atoms with van der Waals surface area (Å²) >= 11 is 0. The second-order valence-electron chi connectivity index (χ2n) is 36.1. The third-order valence-corrected chi connectivity index (χ3v) is 28.8. The Morgan fingerprint density at radius 1 is 0.118 bits per heavy atom. The van der Waals surface area contributed by atoms with Gasteiger partial charge in [0.05, 0.1) is 77.2 Å². The first-order valence-electron chi connectivity index (χ1n) is 46.5. The Kier molecular flexibility index (Phi) is 17.2. The number of nitrogens with zero attached hydrogens (tertiary/aromatic N) is 7. The van der Waals surface area contributed by atoms with Crippen LogP contribution >= 0.6 is 0 Å². The lowest BCUT2D eigenvalue weighted by molar-refractivity contribution is 0.426. The predicted octanol–water partition coefficient (Wildman–Crippen LogP) is 31.0. The SMILES string of the molecule is OB(O)c1ccc(-n2c3ccc(-c4ccc(-n5c6ccc(-c7ccc(-n8c9ccccc9c9ccccc98)cc7)cc6c6cc(-c7ccc(-n8c9ccccc9c9ccccc98)cc7)ccc65)cc4)cc3c3cc(-c4ccc(-n5c6ccc(-c7ccc(-n8c9ccccc9c9ccccc98)cc7)cc6c6cc(-c7ccc(-n8c9ccccc9c9ccccc98)cc7)ccc65)cc4)ccc32)cc1. The standard InChI is InChI=1S/C126H80BN7O2/c135-127(136)91-51-65-98(66-52-91)134-125-71-49-89(83-41-61-96(62-42-83)132-121-67-45-85(79-33-53-92(54-34-79)128-113-25-9-1-17-99(113)100-18-2-10-26-114(100)128)73-107(121)108-74-86(46-68-122(108)132)80-35-55-93(56-36-80)129-115-27-11-3-19-101(115)102-20-4-12-28-116(102)129)77-111(125)112-78-90(50-72-126(112)134)84-43-63-97(64-44-84)133-123-69-47-87(81-37-57-94(58-38-81)130-117-29-13-5-21-103(117)104-22-6-14-30-118(104)130)75-109(123)110-76-88(48-70-124(110)133)82-39-59-95(60-40-82)131-119-31-15-7-23-105(119)106-24-8-16-32-120(106)131/h1-78,135-136H. The predicted molar refractivity (Wildman–Crippen MR) is 569 cm³/mol. The fraction of sp³-hybridized carbons (Fsp3) is 0. The Morgan fingerprint density at radius 2 is 0.243 bits per heavy atom. The summed E-state index contributed by atoms with van der Waals surface area (Å²) in [5.74, 6) is 0. The number of para-hydroxylation sites is 8. The van der Waals surface area contributed by atoms with Gasteiger partial charge in [0, 0.05) is 115 Å². The Balaban J connectivity index is 0.535. The Morgan fingerprint density at radius 3 is 0.390 bits per heavy atom. The second-order valence-corrected chi connectivity index (χ2v) is 36.1. The highest BCUT2D eigenvalue weighted by molar-refractivity contribution is 6.58. The number of fused-ring (bicyclic) bond motifs is 21. The van der Waals surface area contributed by atoms with E-state index in [0.717, 1.165) is 150 Å². The van der Waals surface area contributed by atoms with Crippen LogP contribution < -0.4 is 5.46 Å². The molecule has 0 fully saturated rings. The molecule has 9 nitrogen and oxygen atoms in total. The monoisotopic (exact) mass is 1730 g/mol. The minimum atomic E-state index is -1.59. The minimum Gasteiger partial charge on any atom is -0.423 e. The molecule has 21 aromatic carbocycles. The third-order valence-electron chi connectivity index (χ3n) is 28.8. The number of hydrogen-bond donors (Lipinski definition) is 2. The molecule has 0 atom stereocenters. The maximum atomic E-state index is 10.3. The van der Waals surface area contributed by atoms with Crippen molar-refractivity contribution in [2.75, 3.05) is 0 Å². The van der Waals surface area contributed by atoms with E-state index < -0.39 is 7.12 Å². The lowest BCUT2D eigenvalue weighted by atomic mass is 9.80. The number of rotatable bonds is 14. The molecule has 0 aliphatic rings. The van der Waals surface area contributed by atoms with Crippen molar-refractivity contribution in [2.45, 2.75) is 0 Å². The summed E-state index contributed by atoms with van der Waals surface area (Å²) in [4.78, 5) is 0. The zero-order chi connectivity index (χ0) is 89.5. The summed E-state index contributed by atoms with van der Waals surface area (Å²) in [5.41, 5.74) is 37.5. The van der Waals surface area contributed by atoms with E-state index in [-0.39, 0.29) is 0 Å². The lowest BCUT2D eigenvalue weighted by Crippen LogP contribution is -2.29. The van der Waals surface area contributed by atoms with Gasteiger partial charge in [-0.15, -0.1) is 0 Å². The largest absolute Gasteiger partial charge is 0.488 e. The zero-order valence-electron chi connectivity index (χ0n) is 73.6. The van der Waals surface area contributed by atoms with Crippen molar-refractivity contribution >= 4 is 165 Å². The Bertz CT molecular complexity index is 8610. The molecule has 2 N–H and O–H groups in total. The van der Waals surface area contributed by atoms with Crippen LogP contribution in [0.1, 0.15) is 0 Å². The van der Waals surface area contributed by atoms with Crippen molar-refractivity contribution < 1.29 is 10.0 Å². The molecule has 0 amide bonds. The number of benzene rings is 21. The van der Waals surface area contributed by atoms with Crippen LogP contribution in [0.3, 0.4) is 0 Å². The molecule has 0 unspecified atom stereocenters. The summed E-state index contributed by atoms with van der Waals surface area (Å²) in [7, 11) is -1.59. The quantitative estimate of drug-likeness (QED) is 0.106. The van der Waals surface area contributed by atoms with E-state index in [4.69, 9.17) is 0 Å². The molecule has 136 heavy (non-hydrogen) atoms. The maximum absolute atomic E-state index is 10.3. The first-order valence-corrected chi connectivity index (χ1v) is 46.5. The van der Waals surface area contributed by atoms with E-state index in [1.165, 1.54) is 109 Å². The fourth-order valence-electron chi connectivity index (χ4n) is 22.4. The van der Waals surface area contributed by atoms with Crippen molar-refractivity contribution in [1.29, 1.82) is 0 Å². The van der Waals surface area contributed by atoms with Gasteiger partial charge in [-0.05, 0) is 278 Å². The van der Waals surface area contributed by atoms with Crippen LogP contribution in [0.4, 0.5) is 0 Å². The van der Waals surface area contributed by atoms with E-state index in [1.807, 2.05) is 12.1 Å². The van der Waals surface area contributed by atoms with Gasteiger partial charge in [0.2, 0.25) is 0 Å². The van der Waals surface area contributed by atoms with E-state index in [1.54, 1.807) is 12.1 Å². The molecule has 28 rings (SSSR count). The van der Waals surface area contributed by atoms with Crippen molar-refractivity contribution in [2.24, 2.45) is 0 Å². The van der Waals surface area contributed by atoms with Gasteiger partial charge in [-0.2, -0.15) is 0 Å². The summed E-state index contributed by atoms with van der Waals surface area (Å²) < 4.78 is 16.7. The van der Waals surface area contributed by atoms with Crippen LogP contribution in [0.25, 0.3) is 259 Å². The van der Waals surface area contributed by atoms with E-state index in [9.17, 15) is 10.0 Å².